The molecule has 0 amide bonds. The van der Waals surface area contributed by atoms with E-state index < -0.39 is 27.1 Å². The molecule has 0 fully saturated rings. The third-order valence-corrected chi connectivity index (χ3v) is 10.5. The lowest BCUT2D eigenvalue weighted by atomic mass is 10.2. The smallest absolute Gasteiger partial charge is 0.416 e. The number of ether oxygens (including phenoxy) is 4. The predicted octanol–water partition coefficient (Wildman–Crippen LogP) is 8.40. The fraction of sp³-hybridized carbons (Fsp3) is 0.200. The molecule has 0 aromatic heterocycles. The highest BCUT2D eigenvalue weighted by Crippen LogP contribution is 2.49. The molecule has 4 aromatic carbocycles. The summed E-state index contributed by atoms with van der Waals surface area (Å²) in [5.74, 6) is 2.12. The summed E-state index contributed by atoms with van der Waals surface area (Å²) in [4.78, 5) is 0. The highest BCUT2D eigenvalue weighted by Gasteiger charge is 2.37. The van der Waals surface area contributed by atoms with E-state index in [0.29, 0.717) is 39.2 Å². The Bertz CT molecular complexity index is 1370. The molecule has 4 rings (SSSR count). The van der Waals surface area contributed by atoms with Gasteiger partial charge >= 0.3 is 6.18 Å². The third-order valence-electron chi connectivity index (χ3n) is 5.84. The second-order valence-electron chi connectivity index (χ2n) is 9.88. The van der Waals surface area contributed by atoms with Crippen molar-refractivity contribution in [3.63, 3.8) is 0 Å². The molecule has 1 atom stereocenters. The molecule has 0 saturated carbocycles. The quantitative estimate of drug-likeness (QED) is 0.103. The topological polar surface area (TPSA) is 36.9 Å². The van der Waals surface area contributed by atoms with Crippen molar-refractivity contribution >= 4 is 42.4 Å². The van der Waals surface area contributed by atoms with Crippen LogP contribution in [0.1, 0.15) is 5.56 Å². The van der Waals surface area contributed by atoms with Crippen molar-refractivity contribution in [2.75, 3.05) is 13.9 Å². The second-order valence-corrected chi connectivity index (χ2v) is 17.4. The highest BCUT2D eigenvalue weighted by molar-refractivity contribution is 7.96. The highest BCUT2D eigenvalue weighted by atomic mass is 35.7. The van der Waals surface area contributed by atoms with Gasteiger partial charge in [-0.1, -0.05) is 73.3 Å². The fourth-order valence-corrected chi connectivity index (χ4v) is 7.90. The van der Waals surface area contributed by atoms with Crippen LogP contribution in [0.2, 0.25) is 19.6 Å². The van der Waals surface area contributed by atoms with E-state index >= 15 is 0 Å². The second kappa shape index (κ2) is 12.6. The van der Waals surface area contributed by atoms with Gasteiger partial charge in [0.2, 0.25) is 0 Å². The number of methoxy groups -OCH3 is 1. The van der Waals surface area contributed by atoms with Gasteiger partial charge in [-0.15, -0.1) is 0 Å². The van der Waals surface area contributed by atoms with E-state index in [1.165, 1.54) is 13.2 Å². The Morgan fingerprint density at radius 1 is 0.775 bits per heavy atom. The van der Waals surface area contributed by atoms with E-state index in [1.807, 2.05) is 56.0 Å². The number of hydrogen-bond donors (Lipinski definition) is 0. The Morgan fingerprint density at radius 2 is 1.30 bits per heavy atom. The molecule has 0 aliphatic heterocycles. The number of benzene rings is 4. The zero-order chi connectivity index (χ0) is 28.9. The number of hydrogen-bond acceptors (Lipinski definition) is 4. The van der Waals surface area contributed by atoms with Gasteiger partial charge in [-0.25, -0.2) is 0 Å². The minimum absolute atomic E-state index is 0.147. The largest absolute Gasteiger partial charge is 0.467 e. The van der Waals surface area contributed by atoms with Crippen LogP contribution in [0.5, 0.6) is 28.7 Å². The van der Waals surface area contributed by atoms with Crippen LogP contribution in [0, 0.1) is 0 Å². The monoisotopic (exact) mass is 604 g/mol. The zero-order valence-electron chi connectivity index (χ0n) is 22.5. The number of para-hydroxylation sites is 2. The Morgan fingerprint density at radius 3 is 1.75 bits per heavy atom. The van der Waals surface area contributed by atoms with Crippen LogP contribution in [0.15, 0.2) is 91.0 Å². The average Bonchev–Trinajstić information content (AvgIpc) is 2.91. The molecular formula is C30H29ClF3O4PSi. The minimum Gasteiger partial charge on any atom is -0.467 e. The Balaban J connectivity index is 1.96. The van der Waals surface area contributed by atoms with Crippen LogP contribution < -0.4 is 30.0 Å². The van der Waals surface area contributed by atoms with Crippen molar-refractivity contribution in [1.82, 2.24) is 0 Å². The van der Waals surface area contributed by atoms with Gasteiger partial charge < -0.3 is 18.9 Å². The van der Waals surface area contributed by atoms with E-state index in [-0.39, 0.29) is 12.1 Å². The van der Waals surface area contributed by atoms with Crippen LogP contribution in [-0.4, -0.2) is 22.0 Å². The number of halogens is 4. The van der Waals surface area contributed by atoms with Gasteiger partial charge in [0.25, 0.3) is 0 Å². The standard InChI is InChI=1S/C30H29ClF3O4PSi/c1-35-20-36-28-26(18-21(30(32,33)34)19-27(28)40(2,3)4)39(31)29-24(37-22-12-7-5-8-13-22)16-11-17-25(29)38-23-14-9-6-10-15-23/h5-19H,20H2,1-4H3. The van der Waals surface area contributed by atoms with Crippen LogP contribution in [0.25, 0.3) is 0 Å². The van der Waals surface area contributed by atoms with Crippen LogP contribution >= 0.6 is 18.5 Å². The maximum Gasteiger partial charge on any atom is 0.416 e. The molecule has 4 nitrogen and oxygen atoms in total. The molecule has 0 N–H and O–H groups in total. The molecule has 40 heavy (non-hydrogen) atoms. The average molecular weight is 605 g/mol. The van der Waals surface area contributed by atoms with Gasteiger partial charge in [0, 0.05) is 12.4 Å². The van der Waals surface area contributed by atoms with Crippen molar-refractivity contribution in [1.29, 1.82) is 0 Å². The molecule has 4 aromatic rings. The van der Waals surface area contributed by atoms with Gasteiger partial charge in [0.05, 0.1) is 26.2 Å². The first-order chi connectivity index (χ1) is 19.0. The summed E-state index contributed by atoms with van der Waals surface area (Å²) in [6.45, 7) is 5.72. The molecule has 0 heterocycles. The first-order valence-corrected chi connectivity index (χ1v) is 18.2. The van der Waals surface area contributed by atoms with Gasteiger partial charge in [-0.3, -0.25) is 0 Å². The summed E-state index contributed by atoms with van der Waals surface area (Å²) in [5, 5.41) is 1.13. The lowest BCUT2D eigenvalue weighted by molar-refractivity contribution is -0.137. The van der Waals surface area contributed by atoms with Gasteiger partial charge in [-0.05, 0) is 53.7 Å². The Labute approximate surface area is 239 Å². The third kappa shape index (κ3) is 7.18. The normalized spacial score (nSPS) is 12.6. The van der Waals surface area contributed by atoms with E-state index in [1.54, 1.807) is 42.5 Å². The molecule has 10 heteroatoms. The molecule has 0 spiro atoms. The van der Waals surface area contributed by atoms with E-state index in [0.717, 1.165) is 6.07 Å². The lowest BCUT2D eigenvalue weighted by Crippen LogP contribution is -2.42. The van der Waals surface area contributed by atoms with Crippen molar-refractivity contribution in [2.45, 2.75) is 25.8 Å². The Kier molecular flexibility index (Phi) is 9.47. The first kappa shape index (κ1) is 29.9. The molecule has 210 valence electrons. The maximum absolute atomic E-state index is 14.2. The molecule has 0 bridgehead atoms. The van der Waals surface area contributed by atoms with Gasteiger partial charge in [0.15, 0.2) is 6.79 Å². The number of alkyl halides is 3. The van der Waals surface area contributed by atoms with E-state index in [2.05, 4.69) is 0 Å². The van der Waals surface area contributed by atoms with Gasteiger partial charge in [0.1, 0.15) is 28.7 Å². The van der Waals surface area contributed by atoms with Crippen molar-refractivity contribution in [3.05, 3.63) is 96.6 Å². The maximum atomic E-state index is 14.2. The molecule has 0 saturated heterocycles. The Hall–Kier alpha value is -3.03. The molecule has 0 radical (unpaired) electrons. The lowest BCUT2D eigenvalue weighted by Gasteiger charge is -2.27. The zero-order valence-corrected chi connectivity index (χ0v) is 25.1. The number of rotatable bonds is 10. The van der Waals surface area contributed by atoms with Crippen LogP contribution in [-0.2, 0) is 10.9 Å². The van der Waals surface area contributed by atoms with Crippen LogP contribution in [0.4, 0.5) is 13.2 Å². The predicted molar refractivity (Wildman–Crippen MR) is 158 cm³/mol. The minimum atomic E-state index is -4.58. The SMILES string of the molecule is COCOc1c(P(Cl)c2c(Oc3ccccc3)cccc2Oc2ccccc2)cc(C(F)(F)F)cc1[Si](C)(C)C. The molecule has 0 aliphatic rings. The molecule has 1 unspecified atom stereocenters. The summed E-state index contributed by atoms with van der Waals surface area (Å²) < 4.78 is 66.1. The molecular weight excluding hydrogens is 576 g/mol. The van der Waals surface area contributed by atoms with Crippen molar-refractivity contribution in [2.24, 2.45) is 0 Å². The summed E-state index contributed by atoms with van der Waals surface area (Å²) in [5.41, 5.74) is -0.787. The summed E-state index contributed by atoms with van der Waals surface area (Å²) in [6, 6.07) is 25.6. The molecule has 0 aliphatic carbocycles. The fourth-order valence-electron chi connectivity index (χ4n) is 3.96. The van der Waals surface area contributed by atoms with Crippen molar-refractivity contribution < 1.29 is 32.1 Å². The first-order valence-electron chi connectivity index (χ1n) is 12.4. The summed E-state index contributed by atoms with van der Waals surface area (Å²) in [7, 11) is -2.91. The summed E-state index contributed by atoms with van der Waals surface area (Å²) >= 11 is 7.23. The van der Waals surface area contributed by atoms with E-state index in [9.17, 15) is 13.2 Å². The van der Waals surface area contributed by atoms with Crippen LogP contribution in [0.3, 0.4) is 0 Å². The summed E-state index contributed by atoms with van der Waals surface area (Å²) in [6.07, 6.45) is -4.58. The van der Waals surface area contributed by atoms with E-state index in [4.69, 9.17) is 30.2 Å². The van der Waals surface area contributed by atoms with Crippen molar-refractivity contribution in [3.8, 4) is 28.7 Å². The van der Waals surface area contributed by atoms with Gasteiger partial charge in [-0.2, -0.15) is 13.2 Å².